The van der Waals surface area contributed by atoms with Gasteiger partial charge in [-0.1, -0.05) is 11.6 Å². The van der Waals surface area contributed by atoms with Crippen LogP contribution in [0.1, 0.15) is 18.1 Å². The van der Waals surface area contributed by atoms with Gasteiger partial charge in [0.15, 0.2) is 0 Å². The molecule has 0 bridgehead atoms. The summed E-state index contributed by atoms with van der Waals surface area (Å²) >= 11 is 9.69. The van der Waals surface area contributed by atoms with Crippen LogP contribution < -0.4 is 0 Å². The first-order valence-corrected chi connectivity index (χ1v) is 5.74. The maximum absolute atomic E-state index is 10.6. The van der Waals surface area contributed by atoms with Gasteiger partial charge in [-0.2, -0.15) is 12.6 Å². The van der Waals surface area contributed by atoms with Gasteiger partial charge < -0.3 is 10.2 Å². The van der Waals surface area contributed by atoms with Crippen molar-refractivity contribution < 1.29 is 15.1 Å². The molecule has 0 radical (unpaired) electrons. The zero-order chi connectivity index (χ0) is 13.0. The molecule has 0 aromatic carbocycles. The molecule has 1 heterocycles. The zero-order valence-corrected chi connectivity index (χ0v) is 10.3. The third-order valence-electron chi connectivity index (χ3n) is 2.19. The standard InChI is InChI=1S/C9H11ClN2O4S/c10-8-5(9(14)7(13)1-2-17)3-11-4-6(8)12(15)16/h3-4,7,9,13-14,17H,1-2H2. The number of nitrogens with zero attached hydrogens (tertiary/aromatic N) is 2. The molecule has 0 aliphatic rings. The molecule has 1 rings (SSSR count). The number of aromatic nitrogens is 1. The van der Waals surface area contributed by atoms with Crippen LogP contribution in [0.25, 0.3) is 0 Å². The molecule has 6 nitrogen and oxygen atoms in total. The van der Waals surface area contributed by atoms with E-state index in [1.54, 1.807) is 0 Å². The number of halogens is 1. The average molecular weight is 279 g/mol. The van der Waals surface area contributed by atoms with Crippen LogP contribution in [-0.2, 0) is 0 Å². The molecule has 2 atom stereocenters. The lowest BCUT2D eigenvalue weighted by molar-refractivity contribution is -0.385. The monoisotopic (exact) mass is 278 g/mol. The first-order valence-electron chi connectivity index (χ1n) is 4.73. The molecule has 0 saturated heterocycles. The van der Waals surface area contributed by atoms with Crippen molar-refractivity contribution in [2.75, 3.05) is 5.75 Å². The highest BCUT2D eigenvalue weighted by Crippen LogP contribution is 2.32. The molecule has 0 amide bonds. The number of nitro groups is 1. The normalized spacial score (nSPS) is 14.4. The number of pyridine rings is 1. The fourth-order valence-corrected chi connectivity index (χ4v) is 1.82. The quantitative estimate of drug-likeness (QED) is 0.429. The molecular formula is C9H11ClN2O4S. The summed E-state index contributed by atoms with van der Waals surface area (Å²) in [4.78, 5) is 13.5. The van der Waals surface area contributed by atoms with Crippen LogP contribution in [0.5, 0.6) is 0 Å². The molecule has 8 heteroatoms. The highest BCUT2D eigenvalue weighted by atomic mass is 35.5. The molecule has 1 aromatic heterocycles. The van der Waals surface area contributed by atoms with Crippen molar-refractivity contribution in [1.29, 1.82) is 0 Å². The Balaban J connectivity index is 3.06. The van der Waals surface area contributed by atoms with Crippen molar-refractivity contribution in [1.82, 2.24) is 4.98 Å². The van der Waals surface area contributed by atoms with Crippen molar-refractivity contribution >= 4 is 29.9 Å². The number of hydrogen-bond donors (Lipinski definition) is 3. The second-order valence-electron chi connectivity index (χ2n) is 3.34. The van der Waals surface area contributed by atoms with Gasteiger partial charge in [0, 0.05) is 11.8 Å². The van der Waals surface area contributed by atoms with Crippen molar-refractivity contribution in [3.8, 4) is 0 Å². The number of aliphatic hydroxyl groups excluding tert-OH is 2. The Kier molecular flexibility index (Phi) is 5.13. The van der Waals surface area contributed by atoms with E-state index in [1.807, 2.05) is 0 Å². The molecular weight excluding hydrogens is 268 g/mol. The van der Waals surface area contributed by atoms with E-state index in [9.17, 15) is 20.3 Å². The van der Waals surface area contributed by atoms with Gasteiger partial charge in [-0.15, -0.1) is 0 Å². The minimum Gasteiger partial charge on any atom is -0.390 e. The van der Waals surface area contributed by atoms with E-state index in [-0.39, 0.29) is 17.0 Å². The van der Waals surface area contributed by atoms with Crippen LogP contribution in [0.15, 0.2) is 12.4 Å². The van der Waals surface area contributed by atoms with Crippen LogP contribution in [0.2, 0.25) is 5.02 Å². The molecule has 1 aromatic rings. The summed E-state index contributed by atoms with van der Waals surface area (Å²) in [6.45, 7) is 0. The van der Waals surface area contributed by atoms with Crippen molar-refractivity contribution in [2.45, 2.75) is 18.6 Å². The highest BCUT2D eigenvalue weighted by Gasteiger charge is 2.25. The first kappa shape index (κ1) is 14.2. The van der Waals surface area contributed by atoms with E-state index in [1.165, 1.54) is 6.20 Å². The lowest BCUT2D eigenvalue weighted by Gasteiger charge is -2.17. The van der Waals surface area contributed by atoms with Crippen LogP contribution in [0.3, 0.4) is 0 Å². The Morgan fingerprint density at radius 3 is 2.71 bits per heavy atom. The van der Waals surface area contributed by atoms with Crippen LogP contribution in [0.4, 0.5) is 5.69 Å². The molecule has 0 aliphatic carbocycles. The van der Waals surface area contributed by atoms with Gasteiger partial charge in [0.05, 0.1) is 11.0 Å². The van der Waals surface area contributed by atoms with Crippen molar-refractivity contribution in [3.05, 3.63) is 33.1 Å². The van der Waals surface area contributed by atoms with E-state index < -0.39 is 22.8 Å². The van der Waals surface area contributed by atoms with Crippen LogP contribution >= 0.6 is 24.2 Å². The number of thiol groups is 1. The molecule has 94 valence electrons. The predicted octanol–water partition coefficient (Wildman–Crippen LogP) is 1.36. The fraction of sp³-hybridized carbons (Fsp3) is 0.444. The van der Waals surface area contributed by atoms with E-state index in [4.69, 9.17) is 11.6 Å². The van der Waals surface area contributed by atoms with Crippen LogP contribution in [-0.4, -0.2) is 32.0 Å². The average Bonchev–Trinajstić information content (AvgIpc) is 2.28. The summed E-state index contributed by atoms with van der Waals surface area (Å²) in [5.41, 5.74) is -0.364. The van der Waals surface area contributed by atoms with Gasteiger partial charge in [0.1, 0.15) is 17.3 Å². The molecule has 0 fully saturated rings. The van der Waals surface area contributed by atoms with E-state index in [2.05, 4.69) is 17.6 Å². The van der Waals surface area contributed by atoms with Gasteiger partial charge in [-0.05, 0) is 12.2 Å². The van der Waals surface area contributed by atoms with Crippen molar-refractivity contribution in [3.63, 3.8) is 0 Å². The minimum absolute atomic E-state index is 0.0372. The Hall–Kier alpha value is -0.890. The minimum atomic E-state index is -1.32. The second kappa shape index (κ2) is 6.15. The SMILES string of the molecule is O=[N+]([O-])c1cncc(C(O)C(O)CCS)c1Cl. The predicted molar refractivity (Wildman–Crippen MR) is 65.3 cm³/mol. The number of rotatable bonds is 5. The fourth-order valence-electron chi connectivity index (χ4n) is 1.28. The van der Waals surface area contributed by atoms with Gasteiger partial charge >= 0.3 is 5.69 Å². The lowest BCUT2D eigenvalue weighted by atomic mass is 10.0. The topological polar surface area (TPSA) is 96.5 Å². The summed E-state index contributed by atoms with van der Waals surface area (Å²) in [7, 11) is 0. The largest absolute Gasteiger partial charge is 0.390 e. The van der Waals surface area contributed by atoms with Gasteiger partial charge in [0.25, 0.3) is 0 Å². The van der Waals surface area contributed by atoms with Gasteiger partial charge in [0.2, 0.25) is 0 Å². The first-order chi connectivity index (χ1) is 7.99. The third kappa shape index (κ3) is 3.29. The Bertz CT molecular complexity index is 418. The second-order valence-corrected chi connectivity index (χ2v) is 4.17. The summed E-state index contributed by atoms with van der Waals surface area (Å²) in [6, 6.07) is 0. The lowest BCUT2D eigenvalue weighted by Crippen LogP contribution is -2.19. The smallest absolute Gasteiger partial charge is 0.306 e. The molecule has 2 N–H and O–H groups in total. The van der Waals surface area contributed by atoms with E-state index in [0.29, 0.717) is 5.75 Å². The van der Waals surface area contributed by atoms with E-state index in [0.717, 1.165) is 6.20 Å². The summed E-state index contributed by atoms with van der Waals surface area (Å²) < 4.78 is 0. The summed E-state index contributed by atoms with van der Waals surface area (Å²) in [5.74, 6) is 0.373. The van der Waals surface area contributed by atoms with Crippen molar-refractivity contribution in [2.24, 2.45) is 0 Å². The molecule has 0 aliphatic heterocycles. The summed E-state index contributed by atoms with van der Waals surface area (Å²) in [5, 5.41) is 29.8. The van der Waals surface area contributed by atoms with Gasteiger partial charge in [-0.3, -0.25) is 15.1 Å². The van der Waals surface area contributed by atoms with Crippen LogP contribution in [0, 0.1) is 10.1 Å². The maximum Gasteiger partial charge on any atom is 0.306 e. The molecule has 2 unspecified atom stereocenters. The van der Waals surface area contributed by atoms with E-state index >= 15 is 0 Å². The highest BCUT2D eigenvalue weighted by molar-refractivity contribution is 7.80. The Morgan fingerprint density at radius 2 is 2.18 bits per heavy atom. The summed E-state index contributed by atoms with van der Waals surface area (Å²) in [6.07, 6.45) is 0.0186. The van der Waals surface area contributed by atoms with Gasteiger partial charge in [-0.25, -0.2) is 0 Å². The molecule has 0 spiro atoms. The Labute approximate surface area is 108 Å². The Morgan fingerprint density at radius 1 is 1.53 bits per heavy atom. The number of hydrogen-bond acceptors (Lipinski definition) is 6. The molecule has 0 saturated carbocycles. The molecule has 17 heavy (non-hydrogen) atoms. The third-order valence-corrected chi connectivity index (χ3v) is 2.86. The number of aliphatic hydroxyl groups is 2. The maximum atomic E-state index is 10.6. The zero-order valence-electron chi connectivity index (χ0n) is 8.65.